The summed E-state index contributed by atoms with van der Waals surface area (Å²) in [6.07, 6.45) is 2.29. The topological polar surface area (TPSA) is 49.4 Å². The number of aryl methyl sites for hydroxylation is 2. The first-order valence-corrected chi connectivity index (χ1v) is 13.9. The zero-order valence-electron chi connectivity index (χ0n) is 24.0. The van der Waals surface area contributed by atoms with Crippen molar-refractivity contribution in [2.75, 3.05) is 0 Å². The highest BCUT2D eigenvalue weighted by Crippen LogP contribution is 2.23. The van der Waals surface area contributed by atoms with Gasteiger partial charge in [-0.05, 0) is 59.9 Å². The molecule has 1 N–H and O–H groups in total. The van der Waals surface area contributed by atoms with E-state index in [1.807, 2.05) is 55.5 Å². The van der Waals surface area contributed by atoms with E-state index in [0.29, 0.717) is 25.8 Å². The van der Waals surface area contributed by atoms with Gasteiger partial charge in [0.1, 0.15) is 6.04 Å². The number of hydrogen-bond acceptors (Lipinski definition) is 2. The molecule has 0 fully saturated rings. The number of hydrogen-bond donors (Lipinski definition) is 1. The van der Waals surface area contributed by atoms with Crippen molar-refractivity contribution in [3.8, 4) is 0 Å². The first-order valence-electron chi connectivity index (χ1n) is 13.9. The Kier molecular flexibility index (Phi) is 10.3. The van der Waals surface area contributed by atoms with E-state index in [-0.39, 0.29) is 23.3 Å². The lowest BCUT2D eigenvalue weighted by Crippen LogP contribution is -2.52. The Balaban J connectivity index is 1.90. The second-order valence-corrected chi connectivity index (χ2v) is 11.4. The van der Waals surface area contributed by atoms with Crippen LogP contribution in [-0.4, -0.2) is 28.8 Å². The van der Waals surface area contributed by atoms with Crippen LogP contribution < -0.4 is 5.32 Å². The summed E-state index contributed by atoms with van der Waals surface area (Å²) in [5.41, 5.74) is 5.71. The number of carbonyl (C=O) groups is 2. The van der Waals surface area contributed by atoms with Crippen molar-refractivity contribution in [2.24, 2.45) is 0 Å². The highest BCUT2D eigenvalue weighted by Gasteiger charge is 2.31. The quantitative estimate of drug-likeness (QED) is 0.308. The normalized spacial score (nSPS) is 13.0. The van der Waals surface area contributed by atoms with E-state index >= 15 is 0 Å². The Morgan fingerprint density at radius 2 is 1.50 bits per heavy atom. The zero-order chi connectivity index (χ0) is 27.7. The molecule has 0 saturated carbocycles. The van der Waals surface area contributed by atoms with Crippen molar-refractivity contribution in [1.82, 2.24) is 10.2 Å². The van der Waals surface area contributed by atoms with Crippen LogP contribution in [0.1, 0.15) is 75.3 Å². The smallest absolute Gasteiger partial charge is 0.243 e. The van der Waals surface area contributed by atoms with Crippen molar-refractivity contribution >= 4 is 11.8 Å². The Morgan fingerprint density at radius 1 is 0.868 bits per heavy atom. The van der Waals surface area contributed by atoms with Crippen molar-refractivity contribution in [3.63, 3.8) is 0 Å². The van der Waals surface area contributed by atoms with Gasteiger partial charge in [0.2, 0.25) is 11.8 Å². The molecule has 3 rings (SSSR count). The molecule has 0 spiro atoms. The van der Waals surface area contributed by atoms with Crippen LogP contribution in [0.25, 0.3) is 0 Å². The number of amides is 2. The molecule has 2 unspecified atom stereocenters. The van der Waals surface area contributed by atoms with Crippen molar-refractivity contribution < 1.29 is 9.59 Å². The standard InChI is InChI=1S/C34H44N2O2/c1-7-26(3)35-33(38)31(23-28-14-9-8-10-15-28)36(24-29-16-12-11-13-25(29)2)32(37)22-19-27-17-20-30(21-18-27)34(4,5)6/h8-18,20-21,26,31H,7,19,22-24H2,1-6H3,(H,35,38). The summed E-state index contributed by atoms with van der Waals surface area (Å²) in [4.78, 5) is 29.3. The lowest BCUT2D eigenvalue weighted by molar-refractivity contribution is -0.141. The Morgan fingerprint density at radius 3 is 2.11 bits per heavy atom. The number of carbonyl (C=O) groups excluding carboxylic acids is 2. The van der Waals surface area contributed by atoms with E-state index in [2.05, 4.69) is 70.3 Å². The van der Waals surface area contributed by atoms with E-state index in [9.17, 15) is 9.59 Å². The summed E-state index contributed by atoms with van der Waals surface area (Å²) in [5.74, 6) is -0.104. The lowest BCUT2D eigenvalue weighted by Gasteiger charge is -2.33. The van der Waals surface area contributed by atoms with Gasteiger partial charge in [-0.1, -0.05) is 107 Å². The molecule has 0 aliphatic rings. The summed E-state index contributed by atoms with van der Waals surface area (Å²) in [7, 11) is 0. The number of benzene rings is 3. The minimum absolute atomic E-state index is 0.00613. The zero-order valence-corrected chi connectivity index (χ0v) is 24.0. The van der Waals surface area contributed by atoms with Crippen LogP contribution in [0.4, 0.5) is 0 Å². The molecular weight excluding hydrogens is 468 g/mol. The van der Waals surface area contributed by atoms with Gasteiger partial charge in [0.25, 0.3) is 0 Å². The second kappa shape index (κ2) is 13.4. The molecule has 0 radical (unpaired) electrons. The first-order chi connectivity index (χ1) is 18.1. The van der Waals surface area contributed by atoms with Gasteiger partial charge < -0.3 is 10.2 Å². The molecule has 4 nitrogen and oxygen atoms in total. The van der Waals surface area contributed by atoms with E-state index in [1.54, 1.807) is 4.90 Å². The first kappa shape index (κ1) is 29.2. The number of rotatable bonds is 11. The van der Waals surface area contributed by atoms with Gasteiger partial charge in [0.15, 0.2) is 0 Å². The van der Waals surface area contributed by atoms with Gasteiger partial charge in [0.05, 0.1) is 0 Å². The van der Waals surface area contributed by atoms with E-state index < -0.39 is 6.04 Å². The molecule has 3 aromatic rings. The van der Waals surface area contributed by atoms with Crippen LogP contribution in [-0.2, 0) is 34.4 Å². The Labute approximate surface area is 229 Å². The lowest BCUT2D eigenvalue weighted by atomic mass is 9.86. The SMILES string of the molecule is CCC(C)NC(=O)C(Cc1ccccc1)N(Cc1ccccc1C)C(=O)CCc1ccc(C(C)(C)C)cc1. The third-order valence-corrected chi connectivity index (χ3v) is 7.32. The van der Waals surface area contributed by atoms with Crippen LogP contribution in [0, 0.1) is 6.92 Å². The van der Waals surface area contributed by atoms with Crippen LogP contribution in [0.5, 0.6) is 0 Å². The van der Waals surface area contributed by atoms with Crippen molar-refractivity contribution in [3.05, 3.63) is 107 Å². The van der Waals surface area contributed by atoms with Gasteiger partial charge in [-0.25, -0.2) is 0 Å². The molecule has 2 amide bonds. The average molecular weight is 513 g/mol. The predicted octanol–water partition coefficient (Wildman–Crippen LogP) is 6.78. The molecule has 0 saturated heterocycles. The fourth-order valence-corrected chi connectivity index (χ4v) is 4.53. The fraction of sp³-hybridized carbons (Fsp3) is 0.412. The number of nitrogens with one attached hydrogen (secondary N) is 1. The van der Waals surface area contributed by atoms with Gasteiger partial charge in [-0.3, -0.25) is 9.59 Å². The molecule has 0 heterocycles. The molecule has 0 bridgehead atoms. The fourth-order valence-electron chi connectivity index (χ4n) is 4.53. The van der Waals surface area contributed by atoms with Gasteiger partial charge in [-0.2, -0.15) is 0 Å². The molecule has 4 heteroatoms. The molecular formula is C34H44N2O2. The molecule has 0 aliphatic heterocycles. The monoisotopic (exact) mass is 512 g/mol. The van der Waals surface area contributed by atoms with Crippen LogP contribution >= 0.6 is 0 Å². The molecule has 2 atom stereocenters. The number of nitrogens with zero attached hydrogens (tertiary/aromatic N) is 1. The summed E-state index contributed by atoms with van der Waals surface area (Å²) < 4.78 is 0. The molecule has 38 heavy (non-hydrogen) atoms. The maximum Gasteiger partial charge on any atom is 0.243 e. The van der Waals surface area contributed by atoms with E-state index in [4.69, 9.17) is 0 Å². The van der Waals surface area contributed by atoms with Gasteiger partial charge in [-0.15, -0.1) is 0 Å². The van der Waals surface area contributed by atoms with Crippen molar-refractivity contribution in [2.45, 2.75) is 91.3 Å². The maximum absolute atomic E-state index is 13.9. The summed E-state index contributed by atoms with van der Waals surface area (Å²) in [5, 5.41) is 3.15. The van der Waals surface area contributed by atoms with E-state index in [0.717, 1.165) is 28.7 Å². The molecule has 0 aliphatic carbocycles. The Hall–Kier alpha value is -3.40. The summed E-state index contributed by atoms with van der Waals surface area (Å²) in [6, 6.07) is 26.1. The third kappa shape index (κ3) is 8.31. The van der Waals surface area contributed by atoms with Crippen molar-refractivity contribution in [1.29, 1.82) is 0 Å². The van der Waals surface area contributed by atoms with Gasteiger partial charge in [0, 0.05) is 25.4 Å². The predicted molar refractivity (Wildman–Crippen MR) is 157 cm³/mol. The van der Waals surface area contributed by atoms with Gasteiger partial charge >= 0.3 is 0 Å². The minimum Gasteiger partial charge on any atom is -0.352 e. The van der Waals surface area contributed by atoms with Crippen LogP contribution in [0.15, 0.2) is 78.9 Å². The maximum atomic E-state index is 13.9. The summed E-state index contributed by atoms with van der Waals surface area (Å²) >= 11 is 0. The minimum atomic E-state index is -0.596. The molecule has 3 aromatic carbocycles. The highest BCUT2D eigenvalue weighted by atomic mass is 16.2. The van der Waals surface area contributed by atoms with Crippen LogP contribution in [0.2, 0.25) is 0 Å². The highest BCUT2D eigenvalue weighted by molar-refractivity contribution is 5.88. The van der Waals surface area contributed by atoms with E-state index in [1.165, 1.54) is 5.56 Å². The largest absolute Gasteiger partial charge is 0.352 e. The second-order valence-electron chi connectivity index (χ2n) is 11.4. The average Bonchev–Trinajstić information content (AvgIpc) is 2.90. The third-order valence-electron chi connectivity index (χ3n) is 7.32. The Bertz CT molecular complexity index is 1180. The molecule has 202 valence electrons. The molecule has 0 aromatic heterocycles. The summed E-state index contributed by atoms with van der Waals surface area (Å²) in [6.45, 7) is 13.1. The van der Waals surface area contributed by atoms with Crippen LogP contribution in [0.3, 0.4) is 0 Å².